The number of aliphatic hydroxyl groups excluding tert-OH is 1. The Bertz CT molecular complexity index is 403. The summed E-state index contributed by atoms with van der Waals surface area (Å²) in [4.78, 5) is 13.7. The lowest BCUT2D eigenvalue weighted by Crippen LogP contribution is -2.37. The SMILES string of the molecule is CCn1nc(C)cc1C(=O)N(C)CC(O)COC. The first kappa shape index (κ1) is 14.7. The second-order valence-corrected chi connectivity index (χ2v) is 4.28. The van der Waals surface area contributed by atoms with Gasteiger partial charge in [0.05, 0.1) is 18.4 Å². The molecule has 6 heteroatoms. The third-order valence-electron chi connectivity index (χ3n) is 2.61. The summed E-state index contributed by atoms with van der Waals surface area (Å²) in [5.74, 6) is -0.146. The van der Waals surface area contributed by atoms with Gasteiger partial charge < -0.3 is 14.7 Å². The van der Waals surface area contributed by atoms with Crippen molar-refractivity contribution in [1.82, 2.24) is 14.7 Å². The molecular formula is C12H21N3O3. The third-order valence-corrected chi connectivity index (χ3v) is 2.61. The van der Waals surface area contributed by atoms with E-state index in [1.807, 2.05) is 13.8 Å². The van der Waals surface area contributed by atoms with Crippen LogP contribution in [0.2, 0.25) is 0 Å². The molecule has 1 N–H and O–H groups in total. The maximum Gasteiger partial charge on any atom is 0.271 e. The maximum atomic E-state index is 12.2. The van der Waals surface area contributed by atoms with E-state index in [0.717, 1.165) is 5.69 Å². The van der Waals surface area contributed by atoms with E-state index in [4.69, 9.17) is 4.74 Å². The molecule has 1 unspecified atom stereocenters. The van der Waals surface area contributed by atoms with Crippen LogP contribution in [-0.2, 0) is 11.3 Å². The van der Waals surface area contributed by atoms with Crippen LogP contribution in [-0.4, -0.2) is 59.1 Å². The second-order valence-electron chi connectivity index (χ2n) is 4.28. The molecule has 0 aliphatic carbocycles. The number of carbonyl (C=O) groups is 1. The highest BCUT2D eigenvalue weighted by Crippen LogP contribution is 2.07. The van der Waals surface area contributed by atoms with Crippen molar-refractivity contribution >= 4 is 5.91 Å². The number of likely N-dealkylation sites (N-methyl/N-ethyl adjacent to an activating group) is 1. The van der Waals surface area contributed by atoms with Gasteiger partial charge in [-0.05, 0) is 19.9 Å². The number of amides is 1. The lowest BCUT2D eigenvalue weighted by Gasteiger charge is -2.20. The van der Waals surface area contributed by atoms with Crippen LogP contribution in [0.4, 0.5) is 0 Å². The summed E-state index contributed by atoms with van der Waals surface area (Å²) in [5, 5.41) is 13.8. The normalized spacial score (nSPS) is 12.5. The first-order valence-electron chi connectivity index (χ1n) is 5.96. The van der Waals surface area contributed by atoms with Gasteiger partial charge >= 0.3 is 0 Å². The topological polar surface area (TPSA) is 67.6 Å². The monoisotopic (exact) mass is 255 g/mol. The Labute approximate surface area is 107 Å². The number of hydrogen-bond acceptors (Lipinski definition) is 4. The number of rotatable bonds is 6. The first-order chi connectivity index (χ1) is 8.49. The van der Waals surface area contributed by atoms with Crippen LogP contribution in [0.5, 0.6) is 0 Å². The van der Waals surface area contributed by atoms with Crippen LogP contribution in [0, 0.1) is 6.92 Å². The summed E-state index contributed by atoms with van der Waals surface area (Å²) in [6.45, 7) is 4.87. The second kappa shape index (κ2) is 6.51. The highest BCUT2D eigenvalue weighted by Gasteiger charge is 2.19. The molecule has 0 aliphatic heterocycles. The zero-order valence-corrected chi connectivity index (χ0v) is 11.4. The van der Waals surface area contributed by atoms with Crippen LogP contribution in [0.15, 0.2) is 6.07 Å². The molecule has 1 heterocycles. The van der Waals surface area contributed by atoms with Gasteiger partial charge in [-0.25, -0.2) is 0 Å². The van der Waals surface area contributed by atoms with E-state index in [2.05, 4.69) is 5.10 Å². The number of aliphatic hydroxyl groups is 1. The van der Waals surface area contributed by atoms with Crippen molar-refractivity contribution in [2.75, 3.05) is 27.3 Å². The Morgan fingerprint density at radius 2 is 2.33 bits per heavy atom. The Hall–Kier alpha value is -1.40. The summed E-state index contributed by atoms with van der Waals surface area (Å²) < 4.78 is 6.50. The minimum atomic E-state index is -0.678. The zero-order valence-electron chi connectivity index (χ0n) is 11.4. The van der Waals surface area contributed by atoms with E-state index in [0.29, 0.717) is 12.2 Å². The van der Waals surface area contributed by atoms with Gasteiger partial charge in [-0.3, -0.25) is 9.48 Å². The maximum absolute atomic E-state index is 12.2. The van der Waals surface area contributed by atoms with Gasteiger partial charge in [-0.15, -0.1) is 0 Å². The van der Waals surface area contributed by atoms with E-state index in [-0.39, 0.29) is 19.1 Å². The van der Waals surface area contributed by atoms with Crippen LogP contribution < -0.4 is 0 Å². The number of hydrogen-bond donors (Lipinski definition) is 1. The van der Waals surface area contributed by atoms with Gasteiger partial charge in [0.1, 0.15) is 5.69 Å². The van der Waals surface area contributed by atoms with Crippen molar-refractivity contribution in [3.05, 3.63) is 17.5 Å². The van der Waals surface area contributed by atoms with Gasteiger partial charge in [0.2, 0.25) is 0 Å². The van der Waals surface area contributed by atoms with Gasteiger partial charge in [0, 0.05) is 27.2 Å². The summed E-state index contributed by atoms with van der Waals surface area (Å²) >= 11 is 0. The lowest BCUT2D eigenvalue weighted by molar-refractivity contribution is 0.0375. The standard InChI is InChI=1S/C12H21N3O3/c1-5-15-11(6-9(2)13-15)12(17)14(3)7-10(16)8-18-4/h6,10,16H,5,7-8H2,1-4H3. The number of nitrogens with zero attached hydrogens (tertiary/aromatic N) is 3. The molecule has 1 aromatic rings. The van der Waals surface area contributed by atoms with Crippen LogP contribution >= 0.6 is 0 Å². The smallest absolute Gasteiger partial charge is 0.271 e. The molecule has 0 bridgehead atoms. The molecule has 0 spiro atoms. The molecule has 0 radical (unpaired) electrons. The number of aryl methyl sites for hydroxylation is 2. The van der Waals surface area contributed by atoms with Crippen molar-refractivity contribution in [3.63, 3.8) is 0 Å². The predicted octanol–water partition coefficient (Wildman–Crippen LogP) is 0.291. The van der Waals surface area contributed by atoms with E-state index in [1.165, 1.54) is 12.0 Å². The Morgan fingerprint density at radius 1 is 1.67 bits per heavy atom. The van der Waals surface area contributed by atoms with Gasteiger partial charge in [0.15, 0.2) is 0 Å². The largest absolute Gasteiger partial charge is 0.389 e. The highest BCUT2D eigenvalue weighted by atomic mass is 16.5. The van der Waals surface area contributed by atoms with Gasteiger partial charge in [-0.1, -0.05) is 0 Å². The van der Waals surface area contributed by atoms with E-state index < -0.39 is 6.10 Å². The quantitative estimate of drug-likeness (QED) is 0.793. The number of methoxy groups -OCH3 is 1. The van der Waals surface area contributed by atoms with Crippen molar-refractivity contribution < 1.29 is 14.6 Å². The number of aromatic nitrogens is 2. The Kier molecular flexibility index (Phi) is 5.30. The average molecular weight is 255 g/mol. The lowest BCUT2D eigenvalue weighted by atomic mass is 10.3. The van der Waals surface area contributed by atoms with E-state index in [1.54, 1.807) is 17.8 Å². The van der Waals surface area contributed by atoms with Crippen LogP contribution in [0.25, 0.3) is 0 Å². The van der Waals surface area contributed by atoms with Crippen molar-refractivity contribution in [2.24, 2.45) is 0 Å². The Morgan fingerprint density at radius 3 is 2.89 bits per heavy atom. The molecule has 18 heavy (non-hydrogen) atoms. The third kappa shape index (κ3) is 3.54. The molecule has 1 aromatic heterocycles. The minimum absolute atomic E-state index is 0.146. The molecule has 1 atom stereocenters. The first-order valence-corrected chi connectivity index (χ1v) is 5.96. The molecule has 0 fully saturated rings. The van der Waals surface area contributed by atoms with Crippen LogP contribution in [0.3, 0.4) is 0 Å². The molecular weight excluding hydrogens is 234 g/mol. The fraction of sp³-hybridized carbons (Fsp3) is 0.667. The predicted molar refractivity (Wildman–Crippen MR) is 67.5 cm³/mol. The minimum Gasteiger partial charge on any atom is -0.389 e. The summed E-state index contributed by atoms with van der Waals surface area (Å²) in [7, 11) is 3.17. The van der Waals surface area contributed by atoms with Gasteiger partial charge in [-0.2, -0.15) is 5.10 Å². The van der Waals surface area contributed by atoms with E-state index >= 15 is 0 Å². The molecule has 6 nitrogen and oxygen atoms in total. The van der Waals surface area contributed by atoms with Crippen LogP contribution in [0.1, 0.15) is 23.1 Å². The molecule has 102 valence electrons. The molecule has 0 saturated heterocycles. The van der Waals surface area contributed by atoms with Crippen molar-refractivity contribution in [3.8, 4) is 0 Å². The molecule has 0 aliphatic rings. The number of ether oxygens (including phenoxy) is 1. The fourth-order valence-electron chi connectivity index (χ4n) is 1.80. The molecule has 1 amide bonds. The summed E-state index contributed by atoms with van der Waals surface area (Å²) in [6.07, 6.45) is -0.678. The number of carbonyl (C=O) groups excluding carboxylic acids is 1. The van der Waals surface area contributed by atoms with E-state index in [9.17, 15) is 9.90 Å². The highest BCUT2D eigenvalue weighted by molar-refractivity contribution is 5.92. The molecule has 0 aromatic carbocycles. The van der Waals surface area contributed by atoms with Gasteiger partial charge in [0.25, 0.3) is 5.91 Å². The summed E-state index contributed by atoms with van der Waals surface area (Å²) in [5.41, 5.74) is 1.35. The fourth-order valence-corrected chi connectivity index (χ4v) is 1.80. The summed E-state index contributed by atoms with van der Waals surface area (Å²) in [6, 6.07) is 1.75. The van der Waals surface area contributed by atoms with Crippen molar-refractivity contribution in [2.45, 2.75) is 26.5 Å². The van der Waals surface area contributed by atoms with Crippen molar-refractivity contribution in [1.29, 1.82) is 0 Å². The molecule has 0 saturated carbocycles. The zero-order chi connectivity index (χ0) is 13.7. The average Bonchev–Trinajstić information content (AvgIpc) is 2.69. The Balaban J connectivity index is 2.73. The molecule has 1 rings (SSSR count).